The highest BCUT2D eigenvalue weighted by Crippen LogP contribution is 2.35. The molecule has 0 amide bonds. The number of allylic oxidation sites excluding steroid dienone is 1. The standard InChI is InChI=1S/C7H12O3S/c1-3-4-10-5-7(2)6-11(7,8)9/h3-4H,5-6H2,1-2H3/b4-3+. The van der Waals surface area contributed by atoms with Crippen molar-refractivity contribution in [1.29, 1.82) is 0 Å². The van der Waals surface area contributed by atoms with E-state index in [4.69, 9.17) is 4.74 Å². The van der Waals surface area contributed by atoms with Gasteiger partial charge in [0.1, 0.15) is 11.4 Å². The van der Waals surface area contributed by atoms with Crippen molar-refractivity contribution in [3.63, 3.8) is 0 Å². The van der Waals surface area contributed by atoms with E-state index in [2.05, 4.69) is 0 Å². The highest BCUT2D eigenvalue weighted by Gasteiger charge is 2.57. The van der Waals surface area contributed by atoms with Gasteiger partial charge >= 0.3 is 0 Å². The van der Waals surface area contributed by atoms with Gasteiger partial charge in [0.25, 0.3) is 0 Å². The molecule has 0 aromatic heterocycles. The van der Waals surface area contributed by atoms with Crippen molar-refractivity contribution in [3.05, 3.63) is 12.3 Å². The van der Waals surface area contributed by atoms with E-state index in [0.717, 1.165) is 0 Å². The lowest BCUT2D eigenvalue weighted by Gasteiger charge is -2.02. The number of ether oxygens (including phenoxy) is 1. The largest absolute Gasteiger partial charge is 0.500 e. The van der Waals surface area contributed by atoms with Crippen molar-refractivity contribution >= 4 is 9.84 Å². The molecule has 1 heterocycles. The molecule has 0 spiro atoms. The molecule has 1 unspecified atom stereocenters. The number of hydrogen-bond acceptors (Lipinski definition) is 3. The minimum absolute atomic E-state index is 0.261. The molecule has 0 N–H and O–H groups in total. The van der Waals surface area contributed by atoms with E-state index in [9.17, 15) is 8.42 Å². The van der Waals surface area contributed by atoms with Gasteiger partial charge in [0.2, 0.25) is 0 Å². The SMILES string of the molecule is C/C=C/OCC1(C)CS1(=O)=O. The van der Waals surface area contributed by atoms with E-state index in [1.54, 1.807) is 13.0 Å². The molecule has 1 atom stereocenters. The molecule has 4 heteroatoms. The lowest BCUT2D eigenvalue weighted by atomic mass is 10.2. The molecule has 64 valence electrons. The van der Waals surface area contributed by atoms with Gasteiger partial charge in [-0.25, -0.2) is 8.42 Å². The maximum Gasteiger partial charge on any atom is 0.161 e. The Bertz CT molecular complexity index is 265. The maximum absolute atomic E-state index is 10.9. The van der Waals surface area contributed by atoms with Gasteiger partial charge in [-0.15, -0.1) is 0 Å². The van der Waals surface area contributed by atoms with E-state index in [1.165, 1.54) is 6.26 Å². The number of hydrogen-bond donors (Lipinski definition) is 0. The van der Waals surface area contributed by atoms with Crippen LogP contribution in [0.4, 0.5) is 0 Å². The second-order valence-corrected chi connectivity index (χ2v) is 5.49. The summed E-state index contributed by atoms with van der Waals surface area (Å²) in [6.07, 6.45) is 3.25. The Kier molecular flexibility index (Phi) is 1.96. The Balaban J connectivity index is 2.41. The van der Waals surface area contributed by atoms with E-state index in [-0.39, 0.29) is 12.4 Å². The molecular formula is C7H12O3S. The minimum Gasteiger partial charge on any atom is -0.500 e. The van der Waals surface area contributed by atoms with Crippen molar-refractivity contribution in [2.24, 2.45) is 0 Å². The summed E-state index contributed by atoms with van der Waals surface area (Å²) in [7, 11) is -2.80. The number of sulfone groups is 1. The molecule has 0 saturated carbocycles. The van der Waals surface area contributed by atoms with Crippen LogP contribution in [0.25, 0.3) is 0 Å². The van der Waals surface area contributed by atoms with Crippen molar-refractivity contribution in [3.8, 4) is 0 Å². The topological polar surface area (TPSA) is 43.4 Å². The first-order chi connectivity index (χ1) is 5.02. The molecule has 0 aromatic rings. The van der Waals surface area contributed by atoms with Crippen LogP contribution >= 0.6 is 0 Å². The fourth-order valence-corrected chi connectivity index (χ4v) is 2.19. The third-order valence-corrected chi connectivity index (χ3v) is 4.21. The molecule has 0 aliphatic carbocycles. The molecule has 1 aliphatic heterocycles. The molecule has 1 saturated heterocycles. The zero-order valence-electron chi connectivity index (χ0n) is 6.70. The van der Waals surface area contributed by atoms with Crippen LogP contribution in [0.2, 0.25) is 0 Å². The Hall–Kier alpha value is -0.510. The summed E-state index contributed by atoms with van der Waals surface area (Å²) in [5.41, 5.74) is 0. The van der Waals surface area contributed by atoms with E-state index in [1.807, 2.05) is 6.92 Å². The fourth-order valence-electron chi connectivity index (χ4n) is 0.825. The van der Waals surface area contributed by atoms with Crippen LogP contribution in [0.5, 0.6) is 0 Å². The van der Waals surface area contributed by atoms with Crippen LogP contribution in [0.1, 0.15) is 13.8 Å². The van der Waals surface area contributed by atoms with Crippen LogP contribution in [0.15, 0.2) is 12.3 Å². The quantitative estimate of drug-likeness (QED) is 0.470. The van der Waals surface area contributed by atoms with Gasteiger partial charge in [0, 0.05) is 0 Å². The van der Waals surface area contributed by atoms with Gasteiger partial charge in [-0.05, 0) is 13.8 Å². The summed E-state index contributed by atoms with van der Waals surface area (Å²) in [5.74, 6) is 0.261. The molecule has 3 nitrogen and oxygen atoms in total. The van der Waals surface area contributed by atoms with Gasteiger partial charge in [-0.3, -0.25) is 0 Å². The lowest BCUT2D eigenvalue weighted by molar-refractivity contribution is 0.234. The summed E-state index contributed by atoms with van der Waals surface area (Å²) in [4.78, 5) is 0. The molecule has 0 bridgehead atoms. The van der Waals surface area contributed by atoms with E-state index >= 15 is 0 Å². The Morgan fingerprint density at radius 2 is 2.18 bits per heavy atom. The zero-order chi connectivity index (χ0) is 8.54. The van der Waals surface area contributed by atoms with Crippen molar-refractivity contribution in [2.45, 2.75) is 18.6 Å². The van der Waals surface area contributed by atoms with Crippen LogP contribution in [-0.4, -0.2) is 25.5 Å². The average molecular weight is 176 g/mol. The smallest absolute Gasteiger partial charge is 0.161 e. The van der Waals surface area contributed by atoms with E-state index < -0.39 is 14.6 Å². The zero-order valence-corrected chi connectivity index (χ0v) is 7.52. The monoisotopic (exact) mass is 176 g/mol. The second-order valence-electron chi connectivity index (χ2n) is 2.99. The first-order valence-corrected chi connectivity index (χ1v) is 5.12. The van der Waals surface area contributed by atoms with Gasteiger partial charge in [0.05, 0.1) is 12.0 Å². The predicted octanol–water partition coefficient (Wildman–Crippen LogP) is 0.724. The summed E-state index contributed by atoms with van der Waals surface area (Å²) in [6.45, 7) is 3.80. The summed E-state index contributed by atoms with van der Waals surface area (Å²) in [5, 5.41) is 0. The Morgan fingerprint density at radius 1 is 1.64 bits per heavy atom. The summed E-state index contributed by atoms with van der Waals surface area (Å²) < 4.78 is 26.2. The van der Waals surface area contributed by atoms with Crippen LogP contribution < -0.4 is 0 Å². The molecule has 11 heavy (non-hydrogen) atoms. The molecule has 1 aliphatic rings. The van der Waals surface area contributed by atoms with Crippen LogP contribution in [-0.2, 0) is 14.6 Å². The van der Waals surface area contributed by atoms with Gasteiger partial charge in [0.15, 0.2) is 9.84 Å². The fraction of sp³-hybridized carbons (Fsp3) is 0.714. The number of rotatable bonds is 3. The predicted molar refractivity (Wildman–Crippen MR) is 43.0 cm³/mol. The van der Waals surface area contributed by atoms with Crippen LogP contribution in [0.3, 0.4) is 0 Å². The van der Waals surface area contributed by atoms with Crippen molar-refractivity contribution in [2.75, 3.05) is 12.4 Å². The third kappa shape index (κ3) is 1.56. The van der Waals surface area contributed by atoms with Crippen LogP contribution in [0, 0.1) is 0 Å². The lowest BCUT2D eigenvalue weighted by Crippen LogP contribution is -2.14. The Labute approximate surface area is 67.0 Å². The Morgan fingerprint density at radius 3 is 2.55 bits per heavy atom. The highest BCUT2D eigenvalue weighted by molar-refractivity contribution is 8.00. The third-order valence-electron chi connectivity index (χ3n) is 1.78. The molecule has 1 fully saturated rings. The first kappa shape index (κ1) is 8.59. The summed E-state index contributed by atoms with van der Waals surface area (Å²) in [6, 6.07) is 0. The van der Waals surface area contributed by atoms with Crippen molar-refractivity contribution in [1.82, 2.24) is 0 Å². The minimum atomic E-state index is -2.80. The molecule has 0 radical (unpaired) electrons. The average Bonchev–Trinajstić information content (AvgIpc) is 2.33. The maximum atomic E-state index is 10.9. The normalized spacial score (nSPS) is 34.0. The van der Waals surface area contributed by atoms with Gasteiger partial charge in [-0.2, -0.15) is 0 Å². The summed E-state index contributed by atoms with van der Waals surface area (Å²) >= 11 is 0. The highest BCUT2D eigenvalue weighted by atomic mass is 32.2. The van der Waals surface area contributed by atoms with Crippen molar-refractivity contribution < 1.29 is 13.2 Å². The van der Waals surface area contributed by atoms with Gasteiger partial charge in [-0.1, -0.05) is 6.08 Å². The van der Waals surface area contributed by atoms with E-state index in [0.29, 0.717) is 0 Å². The second kappa shape index (κ2) is 2.52. The molecular weight excluding hydrogens is 164 g/mol. The molecule has 1 rings (SSSR count). The van der Waals surface area contributed by atoms with Gasteiger partial charge < -0.3 is 4.74 Å². The first-order valence-electron chi connectivity index (χ1n) is 3.47. The molecule has 0 aromatic carbocycles.